The average Bonchev–Trinajstić information content (AvgIpc) is 3.23. The summed E-state index contributed by atoms with van der Waals surface area (Å²) < 4.78 is 0. The second kappa shape index (κ2) is 6.85. The number of fused-ring (bicyclic) bond motifs is 2. The van der Waals surface area contributed by atoms with Crippen LogP contribution in [0.3, 0.4) is 0 Å². The lowest BCUT2D eigenvalue weighted by molar-refractivity contribution is -0.121. The van der Waals surface area contributed by atoms with Crippen LogP contribution >= 0.6 is 0 Å². The van der Waals surface area contributed by atoms with Crippen molar-refractivity contribution in [3.05, 3.63) is 72.1 Å². The van der Waals surface area contributed by atoms with Gasteiger partial charge in [-0.2, -0.15) is 0 Å². The summed E-state index contributed by atoms with van der Waals surface area (Å²) in [7, 11) is 0. The molecular weight excluding hydrogens is 360 g/mol. The van der Waals surface area contributed by atoms with Crippen molar-refractivity contribution in [2.45, 2.75) is 33.1 Å². The fourth-order valence-electron chi connectivity index (χ4n) is 3.70. The number of carbonyl (C=O) groups excluding carboxylic acids is 1. The topological polar surface area (TPSA) is 61.4 Å². The molecule has 0 saturated carbocycles. The largest absolute Gasteiger partial charge is 0.346 e. The number of aliphatic imine (C=N–C) groups is 1. The molecule has 0 spiro atoms. The highest BCUT2D eigenvalue weighted by molar-refractivity contribution is 6.14. The Morgan fingerprint density at radius 2 is 2.03 bits per heavy atom. The van der Waals surface area contributed by atoms with Crippen molar-refractivity contribution in [3.63, 3.8) is 0 Å². The van der Waals surface area contributed by atoms with Gasteiger partial charge in [0.1, 0.15) is 11.5 Å². The van der Waals surface area contributed by atoms with Gasteiger partial charge in [-0.15, -0.1) is 0 Å². The number of allylic oxidation sites excluding steroid dienone is 3. The van der Waals surface area contributed by atoms with Crippen molar-refractivity contribution < 1.29 is 4.79 Å². The fourth-order valence-corrected chi connectivity index (χ4v) is 3.70. The minimum Gasteiger partial charge on any atom is -0.346 e. The number of rotatable bonds is 4. The maximum absolute atomic E-state index is 13.3. The van der Waals surface area contributed by atoms with Crippen LogP contribution in [-0.2, 0) is 10.2 Å². The van der Waals surface area contributed by atoms with E-state index in [2.05, 4.69) is 21.5 Å². The minimum atomic E-state index is -0.623. The maximum atomic E-state index is 13.3. The Balaban J connectivity index is 1.86. The molecule has 0 aliphatic carbocycles. The van der Waals surface area contributed by atoms with Crippen LogP contribution in [0.1, 0.15) is 38.8 Å². The first kappa shape index (κ1) is 18.9. The monoisotopic (exact) mass is 384 g/mol. The van der Waals surface area contributed by atoms with Gasteiger partial charge in [0.05, 0.1) is 11.1 Å². The first-order valence-corrected chi connectivity index (χ1v) is 9.62. The Bertz CT molecular complexity index is 1200. The number of anilines is 2. The van der Waals surface area contributed by atoms with Gasteiger partial charge in [0.25, 0.3) is 0 Å². The predicted octanol–water partition coefficient (Wildman–Crippen LogP) is 5.53. The molecule has 5 nitrogen and oxygen atoms in total. The third kappa shape index (κ3) is 3.09. The van der Waals surface area contributed by atoms with Crippen molar-refractivity contribution in [2.75, 3.05) is 4.90 Å². The second-order valence-electron chi connectivity index (χ2n) is 7.82. The number of hydrogen-bond donors (Lipinski definition) is 1. The normalized spacial score (nSPS) is 16.1. The van der Waals surface area contributed by atoms with E-state index < -0.39 is 5.41 Å². The molecule has 1 aliphatic heterocycles. The van der Waals surface area contributed by atoms with Crippen molar-refractivity contribution in [3.8, 4) is 0 Å². The SMILES string of the molecule is C=C(C)/N=C\C(=C/C)c1ccc2c(c1)N(c1ccc3cc[nH]c3n1)C(=O)C2(C)C. The number of H-pyrrole nitrogens is 1. The number of hydrogen-bond acceptors (Lipinski definition) is 3. The molecule has 1 aliphatic rings. The van der Waals surface area contributed by atoms with Crippen molar-refractivity contribution in [2.24, 2.45) is 4.99 Å². The van der Waals surface area contributed by atoms with Gasteiger partial charge in [-0.3, -0.25) is 14.7 Å². The van der Waals surface area contributed by atoms with Crippen LogP contribution in [0.25, 0.3) is 16.6 Å². The molecule has 0 radical (unpaired) electrons. The molecule has 3 heterocycles. The number of amides is 1. The van der Waals surface area contributed by atoms with E-state index in [1.165, 1.54) is 0 Å². The van der Waals surface area contributed by atoms with Gasteiger partial charge in [0.2, 0.25) is 5.91 Å². The van der Waals surface area contributed by atoms with Gasteiger partial charge < -0.3 is 4.98 Å². The molecule has 29 heavy (non-hydrogen) atoms. The number of aromatic amines is 1. The molecule has 1 amide bonds. The summed E-state index contributed by atoms with van der Waals surface area (Å²) in [4.78, 5) is 27.2. The molecule has 0 bridgehead atoms. The summed E-state index contributed by atoms with van der Waals surface area (Å²) in [6, 6.07) is 12.0. The number of aromatic nitrogens is 2. The molecule has 1 aromatic carbocycles. The van der Waals surface area contributed by atoms with Crippen molar-refractivity contribution in [1.29, 1.82) is 0 Å². The van der Waals surface area contributed by atoms with E-state index in [0.29, 0.717) is 5.82 Å². The zero-order chi connectivity index (χ0) is 20.8. The quantitative estimate of drug-likeness (QED) is 0.602. The molecule has 5 heteroatoms. The first-order chi connectivity index (χ1) is 13.8. The standard InChI is InChI=1S/C24H24N4O/c1-6-16(14-26-15(2)3)18-7-9-19-20(13-18)28(23(29)24(19,4)5)21-10-8-17-11-12-25-22(17)27-21/h6-14H,2H2,1,3-5H3,(H,25,27)/b16-6+,26-14-. The highest BCUT2D eigenvalue weighted by Gasteiger charge is 2.45. The van der Waals surface area contributed by atoms with Crippen molar-refractivity contribution in [1.82, 2.24) is 9.97 Å². The third-order valence-corrected chi connectivity index (χ3v) is 5.34. The van der Waals surface area contributed by atoms with Gasteiger partial charge in [-0.05, 0) is 68.7 Å². The Labute approximate surface area is 170 Å². The second-order valence-corrected chi connectivity index (χ2v) is 7.82. The maximum Gasteiger partial charge on any atom is 0.242 e. The van der Waals surface area contributed by atoms with Crippen LogP contribution in [0.15, 0.2) is 65.9 Å². The van der Waals surface area contributed by atoms with Gasteiger partial charge in [0, 0.05) is 23.5 Å². The summed E-state index contributed by atoms with van der Waals surface area (Å²) >= 11 is 0. The molecule has 0 unspecified atom stereocenters. The van der Waals surface area contributed by atoms with E-state index in [1.54, 1.807) is 11.1 Å². The lowest BCUT2D eigenvalue weighted by Gasteiger charge is -2.19. The van der Waals surface area contributed by atoms with Crippen LogP contribution in [0.5, 0.6) is 0 Å². The van der Waals surface area contributed by atoms with Crippen LogP contribution in [-0.4, -0.2) is 22.1 Å². The number of nitrogens with one attached hydrogen (secondary N) is 1. The van der Waals surface area contributed by atoms with E-state index in [0.717, 1.165) is 39.1 Å². The summed E-state index contributed by atoms with van der Waals surface area (Å²) in [6.45, 7) is 11.6. The molecule has 4 rings (SSSR count). The Hall–Kier alpha value is -3.47. The predicted molar refractivity (Wildman–Crippen MR) is 120 cm³/mol. The summed E-state index contributed by atoms with van der Waals surface area (Å²) in [5.74, 6) is 0.632. The number of benzene rings is 1. The smallest absolute Gasteiger partial charge is 0.242 e. The van der Waals surface area contributed by atoms with Crippen LogP contribution in [0.2, 0.25) is 0 Å². The van der Waals surface area contributed by atoms with Crippen molar-refractivity contribution >= 4 is 40.2 Å². The number of pyridine rings is 1. The fraction of sp³-hybridized carbons (Fsp3) is 0.208. The highest BCUT2D eigenvalue weighted by Crippen LogP contribution is 2.45. The third-order valence-electron chi connectivity index (χ3n) is 5.34. The number of nitrogens with zero attached hydrogens (tertiary/aromatic N) is 3. The van der Waals surface area contributed by atoms with Gasteiger partial charge in [0.15, 0.2) is 0 Å². The summed E-state index contributed by atoms with van der Waals surface area (Å²) in [6.07, 6.45) is 5.66. The van der Waals surface area contributed by atoms with E-state index in [-0.39, 0.29) is 5.91 Å². The number of carbonyl (C=O) groups is 1. The molecular formula is C24H24N4O. The first-order valence-electron chi connectivity index (χ1n) is 9.62. The molecule has 146 valence electrons. The van der Waals surface area contributed by atoms with Crippen LogP contribution < -0.4 is 4.90 Å². The van der Waals surface area contributed by atoms with Gasteiger partial charge in [-0.1, -0.05) is 24.8 Å². The highest BCUT2D eigenvalue weighted by atomic mass is 16.2. The summed E-state index contributed by atoms with van der Waals surface area (Å²) in [5.41, 5.74) is 4.70. The lowest BCUT2D eigenvalue weighted by atomic mass is 9.85. The van der Waals surface area contributed by atoms with E-state index in [4.69, 9.17) is 0 Å². The average molecular weight is 384 g/mol. The molecule has 0 atom stereocenters. The van der Waals surface area contributed by atoms with Crippen LogP contribution in [0.4, 0.5) is 11.5 Å². The van der Waals surface area contributed by atoms with Gasteiger partial charge >= 0.3 is 0 Å². The molecule has 3 aromatic rings. The molecule has 1 N–H and O–H groups in total. The van der Waals surface area contributed by atoms with E-state index >= 15 is 0 Å². The zero-order valence-electron chi connectivity index (χ0n) is 17.2. The molecule has 0 saturated heterocycles. The Kier molecular flexibility index (Phi) is 4.46. The zero-order valence-corrected chi connectivity index (χ0v) is 17.2. The lowest BCUT2D eigenvalue weighted by Crippen LogP contribution is -2.33. The van der Waals surface area contributed by atoms with E-state index in [9.17, 15) is 4.79 Å². The molecule has 2 aromatic heterocycles. The Morgan fingerprint density at radius 3 is 2.76 bits per heavy atom. The minimum absolute atomic E-state index is 0.0145. The summed E-state index contributed by atoms with van der Waals surface area (Å²) in [5, 5.41) is 1.01. The molecule has 0 fully saturated rings. The van der Waals surface area contributed by atoms with E-state index in [1.807, 2.05) is 76.4 Å². The van der Waals surface area contributed by atoms with Gasteiger partial charge in [-0.25, -0.2) is 4.98 Å². The van der Waals surface area contributed by atoms with Crippen LogP contribution in [0, 0.1) is 0 Å². The Morgan fingerprint density at radius 1 is 1.24 bits per heavy atom.